The molecule has 0 saturated carbocycles. The summed E-state index contributed by atoms with van der Waals surface area (Å²) in [6.07, 6.45) is 0. The van der Waals surface area contributed by atoms with Gasteiger partial charge in [0.05, 0.1) is 32.3 Å². The van der Waals surface area contributed by atoms with Crippen molar-refractivity contribution in [3.8, 4) is 11.5 Å². The molecular formula is C13H19NO5S. The number of morpholine rings is 1. The van der Waals surface area contributed by atoms with Crippen LogP contribution in [0.5, 0.6) is 11.5 Å². The number of rotatable bonds is 4. The number of nitrogens with zero attached hydrogens (tertiary/aromatic N) is 1. The second-order valence-corrected chi connectivity index (χ2v) is 6.40. The number of methoxy groups -OCH3 is 2. The second kappa shape index (κ2) is 5.99. The molecule has 0 atom stereocenters. The van der Waals surface area contributed by atoms with E-state index in [4.69, 9.17) is 14.2 Å². The number of hydrogen-bond donors (Lipinski definition) is 0. The van der Waals surface area contributed by atoms with Crippen molar-refractivity contribution in [2.24, 2.45) is 0 Å². The lowest BCUT2D eigenvalue weighted by Crippen LogP contribution is -2.40. The van der Waals surface area contributed by atoms with Crippen molar-refractivity contribution >= 4 is 10.0 Å². The van der Waals surface area contributed by atoms with Gasteiger partial charge in [-0.15, -0.1) is 0 Å². The summed E-state index contributed by atoms with van der Waals surface area (Å²) in [6, 6.07) is 3.19. The van der Waals surface area contributed by atoms with Crippen molar-refractivity contribution in [2.75, 3.05) is 40.5 Å². The van der Waals surface area contributed by atoms with E-state index in [0.717, 1.165) is 0 Å². The van der Waals surface area contributed by atoms with Gasteiger partial charge in [-0.1, -0.05) is 0 Å². The monoisotopic (exact) mass is 301 g/mol. The van der Waals surface area contributed by atoms with Crippen LogP contribution < -0.4 is 9.47 Å². The highest BCUT2D eigenvalue weighted by Gasteiger charge is 2.28. The number of hydrogen-bond acceptors (Lipinski definition) is 5. The van der Waals surface area contributed by atoms with E-state index < -0.39 is 10.0 Å². The van der Waals surface area contributed by atoms with Crippen LogP contribution in [0.4, 0.5) is 0 Å². The quantitative estimate of drug-likeness (QED) is 0.831. The van der Waals surface area contributed by atoms with Crippen LogP contribution in [-0.4, -0.2) is 53.2 Å². The summed E-state index contributed by atoms with van der Waals surface area (Å²) in [5.74, 6) is 0.927. The molecule has 1 saturated heterocycles. The predicted octanol–water partition coefficient (Wildman–Crippen LogP) is 1.03. The van der Waals surface area contributed by atoms with Crippen molar-refractivity contribution in [1.82, 2.24) is 4.31 Å². The molecule has 2 rings (SSSR count). The Balaban J connectivity index is 2.45. The molecule has 0 amide bonds. The van der Waals surface area contributed by atoms with Crippen LogP contribution in [0, 0.1) is 6.92 Å². The average Bonchev–Trinajstić information content (AvgIpc) is 2.47. The smallest absolute Gasteiger partial charge is 0.243 e. The van der Waals surface area contributed by atoms with Gasteiger partial charge in [-0.25, -0.2) is 8.42 Å². The van der Waals surface area contributed by atoms with Crippen molar-refractivity contribution in [3.63, 3.8) is 0 Å². The lowest BCUT2D eigenvalue weighted by Gasteiger charge is -2.27. The molecule has 0 bridgehead atoms. The summed E-state index contributed by atoms with van der Waals surface area (Å²) in [5, 5.41) is 0. The molecular weight excluding hydrogens is 282 g/mol. The molecule has 0 unspecified atom stereocenters. The van der Waals surface area contributed by atoms with Crippen molar-refractivity contribution in [2.45, 2.75) is 11.8 Å². The maximum absolute atomic E-state index is 12.6. The van der Waals surface area contributed by atoms with E-state index in [1.54, 1.807) is 13.0 Å². The molecule has 0 radical (unpaired) electrons. The minimum absolute atomic E-state index is 0.247. The lowest BCUT2D eigenvalue weighted by atomic mass is 10.2. The highest BCUT2D eigenvalue weighted by Crippen LogP contribution is 2.33. The second-order valence-electron chi connectivity index (χ2n) is 4.49. The standard InChI is InChI=1S/C13H19NO5S/c1-10-8-11(17-2)12(18-3)9-13(10)20(15,16)14-4-6-19-7-5-14/h8-9H,4-7H2,1-3H3. The summed E-state index contributed by atoms with van der Waals surface area (Å²) in [5.41, 5.74) is 0.633. The van der Waals surface area contributed by atoms with Crippen LogP contribution in [0.25, 0.3) is 0 Å². The first-order chi connectivity index (χ1) is 9.50. The zero-order chi connectivity index (χ0) is 14.8. The molecule has 112 valence electrons. The molecule has 20 heavy (non-hydrogen) atoms. The molecule has 1 aliphatic heterocycles. The minimum Gasteiger partial charge on any atom is -0.493 e. The maximum Gasteiger partial charge on any atom is 0.243 e. The van der Waals surface area contributed by atoms with E-state index in [1.165, 1.54) is 24.6 Å². The Labute approximate surface area is 119 Å². The Kier molecular flexibility index (Phi) is 4.52. The highest BCUT2D eigenvalue weighted by molar-refractivity contribution is 7.89. The van der Waals surface area contributed by atoms with E-state index in [0.29, 0.717) is 43.4 Å². The summed E-state index contributed by atoms with van der Waals surface area (Å²) in [4.78, 5) is 0.247. The molecule has 0 aromatic heterocycles. The summed E-state index contributed by atoms with van der Waals surface area (Å²) in [6.45, 7) is 3.33. The molecule has 1 aromatic rings. The van der Waals surface area contributed by atoms with Gasteiger partial charge in [-0.05, 0) is 18.6 Å². The first kappa shape index (κ1) is 15.1. The van der Waals surface area contributed by atoms with Crippen LogP contribution in [-0.2, 0) is 14.8 Å². The summed E-state index contributed by atoms with van der Waals surface area (Å²) in [7, 11) is -0.527. The number of ether oxygens (including phenoxy) is 3. The normalized spacial score (nSPS) is 16.9. The van der Waals surface area contributed by atoms with Crippen LogP contribution in [0.1, 0.15) is 5.56 Å². The van der Waals surface area contributed by atoms with Crippen molar-refractivity contribution < 1.29 is 22.6 Å². The molecule has 0 aliphatic carbocycles. The fourth-order valence-electron chi connectivity index (χ4n) is 2.17. The molecule has 1 fully saturated rings. The largest absolute Gasteiger partial charge is 0.493 e. The van der Waals surface area contributed by atoms with E-state index in [9.17, 15) is 8.42 Å². The Morgan fingerprint density at radius 1 is 1.10 bits per heavy atom. The molecule has 1 heterocycles. The zero-order valence-electron chi connectivity index (χ0n) is 11.9. The van der Waals surface area contributed by atoms with Gasteiger partial charge in [0.15, 0.2) is 11.5 Å². The zero-order valence-corrected chi connectivity index (χ0v) is 12.7. The predicted molar refractivity (Wildman–Crippen MR) is 73.9 cm³/mol. The van der Waals surface area contributed by atoms with E-state index in [-0.39, 0.29) is 4.90 Å². The van der Waals surface area contributed by atoms with E-state index in [1.807, 2.05) is 0 Å². The minimum atomic E-state index is -3.53. The molecule has 0 N–H and O–H groups in total. The first-order valence-electron chi connectivity index (χ1n) is 6.31. The van der Waals surface area contributed by atoms with Crippen molar-refractivity contribution in [3.05, 3.63) is 17.7 Å². The van der Waals surface area contributed by atoms with Gasteiger partial charge in [0, 0.05) is 19.2 Å². The Morgan fingerprint density at radius 2 is 1.65 bits per heavy atom. The Morgan fingerprint density at radius 3 is 2.20 bits per heavy atom. The third kappa shape index (κ3) is 2.74. The Bertz CT molecular complexity index is 579. The average molecular weight is 301 g/mol. The van der Waals surface area contributed by atoms with E-state index in [2.05, 4.69) is 0 Å². The van der Waals surface area contributed by atoms with Gasteiger partial charge in [0.25, 0.3) is 0 Å². The fourth-order valence-corrected chi connectivity index (χ4v) is 3.80. The highest BCUT2D eigenvalue weighted by atomic mass is 32.2. The molecule has 0 spiro atoms. The summed E-state index contributed by atoms with van der Waals surface area (Å²) < 4.78 is 42.3. The number of aryl methyl sites for hydroxylation is 1. The molecule has 6 nitrogen and oxygen atoms in total. The molecule has 1 aliphatic rings. The van der Waals surface area contributed by atoms with Crippen LogP contribution in [0.15, 0.2) is 17.0 Å². The van der Waals surface area contributed by atoms with Gasteiger partial charge < -0.3 is 14.2 Å². The van der Waals surface area contributed by atoms with Gasteiger partial charge in [0.2, 0.25) is 10.0 Å². The van der Waals surface area contributed by atoms with Crippen LogP contribution in [0.3, 0.4) is 0 Å². The van der Waals surface area contributed by atoms with Crippen molar-refractivity contribution in [1.29, 1.82) is 0 Å². The van der Waals surface area contributed by atoms with Gasteiger partial charge in [-0.2, -0.15) is 4.31 Å². The van der Waals surface area contributed by atoms with Gasteiger partial charge in [0.1, 0.15) is 0 Å². The summed E-state index contributed by atoms with van der Waals surface area (Å²) >= 11 is 0. The number of benzene rings is 1. The van der Waals surface area contributed by atoms with Crippen LogP contribution >= 0.6 is 0 Å². The number of sulfonamides is 1. The third-order valence-electron chi connectivity index (χ3n) is 3.27. The van der Waals surface area contributed by atoms with Gasteiger partial charge in [-0.3, -0.25) is 0 Å². The fraction of sp³-hybridized carbons (Fsp3) is 0.538. The SMILES string of the molecule is COc1cc(C)c(S(=O)(=O)N2CCOCC2)cc1OC. The van der Waals surface area contributed by atoms with E-state index >= 15 is 0 Å². The van der Waals surface area contributed by atoms with Gasteiger partial charge >= 0.3 is 0 Å². The first-order valence-corrected chi connectivity index (χ1v) is 7.75. The molecule has 7 heteroatoms. The molecule has 1 aromatic carbocycles. The Hall–Kier alpha value is -1.31. The van der Waals surface area contributed by atoms with Crippen LogP contribution in [0.2, 0.25) is 0 Å². The topological polar surface area (TPSA) is 65.1 Å². The third-order valence-corrected chi connectivity index (χ3v) is 5.31. The lowest BCUT2D eigenvalue weighted by molar-refractivity contribution is 0.0730. The maximum atomic E-state index is 12.6.